The van der Waals surface area contributed by atoms with Crippen molar-refractivity contribution in [2.24, 2.45) is 0 Å². The molecule has 0 saturated heterocycles. The van der Waals surface area contributed by atoms with Crippen molar-refractivity contribution >= 4 is 29.0 Å². The molecular formula is C11H9Cl2N3. The van der Waals surface area contributed by atoms with Gasteiger partial charge in [0.1, 0.15) is 0 Å². The van der Waals surface area contributed by atoms with E-state index in [0.717, 1.165) is 11.3 Å². The first-order chi connectivity index (χ1) is 7.65. The molecule has 0 spiro atoms. The molecule has 0 atom stereocenters. The molecule has 2 rings (SSSR count). The van der Waals surface area contributed by atoms with Crippen LogP contribution in [0.25, 0.3) is 0 Å². The van der Waals surface area contributed by atoms with E-state index in [-0.39, 0.29) is 5.82 Å². The Bertz CT molecular complexity index is 497. The maximum Gasteiger partial charge on any atom is 0.164 e. The average Bonchev–Trinajstić information content (AvgIpc) is 2.27. The zero-order valence-corrected chi connectivity index (χ0v) is 9.83. The summed E-state index contributed by atoms with van der Waals surface area (Å²) >= 11 is 11.7. The number of halogens is 2. The molecule has 1 aromatic carbocycles. The van der Waals surface area contributed by atoms with Crippen molar-refractivity contribution in [2.45, 2.75) is 6.42 Å². The second-order valence-corrected chi connectivity index (χ2v) is 4.22. The molecule has 0 aliphatic rings. The number of hydrogen-bond donors (Lipinski definition) is 1. The van der Waals surface area contributed by atoms with Crippen molar-refractivity contribution < 1.29 is 0 Å². The third kappa shape index (κ3) is 2.62. The summed E-state index contributed by atoms with van der Waals surface area (Å²) < 4.78 is 0. The van der Waals surface area contributed by atoms with Crippen LogP contribution in [0.15, 0.2) is 30.3 Å². The predicted octanol–water partition coefficient (Wildman–Crippen LogP) is 2.96. The molecule has 0 radical (unpaired) electrons. The van der Waals surface area contributed by atoms with E-state index in [1.165, 1.54) is 0 Å². The summed E-state index contributed by atoms with van der Waals surface area (Å²) in [4.78, 5) is 0. The Kier molecular flexibility index (Phi) is 3.27. The minimum atomic E-state index is 0.251. The molecule has 0 fully saturated rings. The number of nitrogen functional groups attached to an aromatic ring is 1. The number of aromatic nitrogens is 2. The Labute approximate surface area is 103 Å². The van der Waals surface area contributed by atoms with Crippen molar-refractivity contribution in [3.63, 3.8) is 0 Å². The minimum Gasteiger partial charge on any atom is -0.381 e. The Morgan fingerprint density at radius 2 is 1.75 bits per heavy atom. The van der Waals surface area contributed by atoms with Gasteiger partial charge in [-0.1, -0.05) is 35.3 Å². The minimum absolute atomic E-state index is 0.251. The first kappa shape index (κ1) is 11.2. The second-order valence-electron chi connectivity index (χ2n) is 3.37. The number of nitrogens with two attached hydrogens (primary N) is 1. The van der Waals surface area contributed by atoms with E-state index >= 15 is 0 Å². The first-order valence-corrected chi connectivity index (χ1v) is 5.43. The van der Waals surface area contributed by atoms with E-state index < -0.39 is 0 Å². The summed E-state index contributed by atoms with van der Waals surface area (Å²) in [5.74, 6) is 0.251. The van der Waals surface area contributed by atoms with Gasteiger partial charge in [0.2, 0.25) is 0 Å². The topological polar surface area (TPSA) is 51.8 Å². The normalized spacial score (nSPS) is 10.4. The number of rotatable bonds is 2. The van der Waals surface area contributed by atoms with Crippen LogP contribution in [0.4, 0.5) is 5.82 Å². The maximum atomic E-state index is 5.86. The lowest BCUT2D eigenvalue weighted by Gasteiger charge is -2.02. The molecule has 0 amide bonds. The highest BCUT2D eigenvalue weighted by atomic mass is 35.5. The van der Waals surface area contributed by atoms with Crippen LogP contribution in [0.3, 0.4) is 0 Å². The average molecular weight is 254 g/mol. The molecule has 1 heterocycles. The molecule has 2 aromatic rings. The molecule has 0 aliphatic heterocycles. The van der Waals surface area contributed by atoms with E-state index in [0.29, 0.717) is 16.5 Å². The van der Waals surface area contributed by atoms with Gasteiger partial charge in [0, 0.05) is 11.4 Å². The fraction of sp³-hybridized carbons (Fsp3) is 0.0909. The molecule has 0 saturated carbocycles. The van der Waals surface area contributed by atoms with E-state index in [1.807, 2.05) is 24.3 Å². The first-order valence-electron chi connectivity index (χ1n) is 4.67. The third-order valence-corrected chi connectivity index (χ3v) is 2.68. The van der Waals surface area contributed by atoms with Gasteiger partial charge in [-0.05, 0) is 23.8 Å². The SMILES string of the molecule is Nc1nnc(Cc2ccc(Cl)cc2)cc1Cl. The van der Waals surface area contributed by atoms with Crippen LogP contribution in [0.1, 0.15) is 11.3 Å². The van der Waals surface area contributed by atoms with Gasteiger partial charge in [0.25, 0.3) is 0 Å². The lowest BCUT2D eigenvalue weighted by atomic mass is 10.1. The highest BCUT2D eigenvalue weighted by Crippen LogP contribution is 2.17. The lowest BCUT2D eigenvalue weighted by molar-refractivity contribution is 0.945. The fourth-order valence-corrected chi connectivity index (χ4v) is 1.60. The molecule has 16 heavy (non-hydrogen) atoms. The third-order valence-electron chi connectivity index (χ3n) is 2.12. The number of benzene rings is 1. The molecule has 3 nitrogen and oxygen atoms in total. The second kappa shape index (κ2) is 4.68. The predicted molar refractivity (Wildman–Crippen MR) is 65.7 cm³/mol. The highest BCUT2D eigenvalue weighted by molar-refractivity contribution is 6.32. The lowest BCUT2D eigenvalue weighted by Crippen LogP contribution is -1.99. The van der Waals surface area contributed by atoms with Crippen LogP contribution in [0.2, 0.25) is 10.0 Å². The number of hydrogen-bond acceptors (Lipinski definition) is 3. The smallest absolute Gasteiger partial charge is 0.164 e. The van der Waals surface area contributed by atoms with E-state index in [9.17, 15) is 0 Å². The van der Waals surface area contributed by atoms with Crippen molar-refractivity contribution in [1.82, 2.24) is 10.2 Å². The zero-order valence-electron chi connectivity index (χ0n) is 8.32. The van der Waals surface area contributed by atoms with Gasteiger partial charge in [-0.3, -0.25) is 0 Å². The van der Waals surface area contributed by atoms with Crippen LogP contribution in [-0.2, 0) is 6.42 Å². The Morgan fingerprint density at radius 1 is 1.06 bits per heavy atom. The van der Waals surface area contributed by atoms with Gasteiger partial charge in [0.05, 0.1) is 10.7 Å². The summed E-state index contributed by atoms with van der Waals surface area (Å²) in [6.45, 7) is 0. The van der Waals surface area contributed by atoms with Crippen LogP contribution >= 0.6 is 23.2 Å². The van der Waals surface area contributed by atoms with E-state index in [4.69, 9.17) is 28.9 Å². The molecule has 2 N–H and O–H groups in total. The van der Waals surface area contributed by atoms with Crippen LogP contribution in [0, 0.1) is 0 Å². The Balaban J connectivity index is 2.20. The molecule has 5 heteroatoms. The molecule has 1 aromatic heterocycles. The quantitative estimate of drug-likeness (QED) is 0.896. The molecule has 0 bridgehead atoms. The van der Waals surface area contributed by atoms with Gasteiger partial charge in [-0.15, -0.1) is 5.10 Å². The molecule has 0 aliphatic carbocycles. The molecule has 0 unspecified atom stereocenters. The van der Waals surface area contributed by atoms with Crippen LogP contribution in [0.5, 0.6) is 0 Å². The Hall–Kier alpha value is -1.32. The summed E-state index contributed by atoms with van der Waals surface area (Å²) in [5, 5.41) is 8.87. The van der Waals surface area contributed by atoms with Gasteiger partial charge < -0.3 is 5.73 Å². The van der Waals surface area contributed by atoms with Crippen molar-refractivity contribution in [3.8, 4) is 0 Å². The van der Waals surface area contributed by atoms with E-state index in [1.54, 1.807) is 6.07 Å². The standard InChI is InChI=1S/C11H9Cl2N3/c12-8-3-1-7(2-4-8)5-9-6-10(13)11(14)16-15-9/h1-4,6H,5H2,(H2,14,16). The van der Waals surface area contributed by atoms with Crippen molar-refractivity contribution in [3.05, 3.63) is 51.6 Å². The molecular weight excluding hydrogens is 245 g/mol. The van der Waals surface area contributed by atoms with Gasteiger partial charge in [0.15, 0.2) is 5.82 Å². The summed E-state index contributed by atoms with van der Waals surface area (Å²) in [5.41, 5.74) is 7.35. The monoisotopic (exact) mass is 253 g/mol. The van der Waals surface area contributed by atoms with E-state index in [2.05, 4.69) is 10.2 Å². The summed E-state index contributed by atoms with van der Waals surface area (Å²) in [6, 6.07) is 9.27. The highest BCUT2D eigenvalue weighted by Gasteiger charge is 2.03. The van der Waals surface area contributed by atoms with Gasteiger partial charge in [-0.25, -0.2) is 0 Å². The van der Waals surface area contributed by atoms with Crippen LogP contribution in [-0.4, -0.2) is 10.2 Å². The number of anilines is 1. The van der Waals surface area contributed by atoms with Crippen molar-refractivity contribution in [2.75, 3.05) is 5.73 Å². The summed E-state index contributed by atoms with van der Waals surface area (Å²) in [6.07, 6.45) is 0.657. The van der Waals surface area contributed by atoms with Gasteiger partial charge >= 0.3 is 0 Å². The number of nitrogens with zero attached hydrogens (tertiary/aromatic N) is 2. The maximum absolute atomic E-state index is 5.86. The molecule has 82 valence electrons. The largest absolute Gasteiger partial charge is 0.381 e. The van der Waals surface area contributed by atoms with Crippen molar-refractivity contribution in [1.29, 1.82) is 0 Å². The fourth-order valence-electron chi connectivity index (χ4n) is 1.31. The summed E-state index contributed by atoms with van der Waals surface area (Å²) in [7, 11) is 0. The van der Waals surface area contributed by atoms with Gasteiger partial charge in [-0.2, -0.15) is 5.10 Å². The zero-order chi connectivity index (χ0) is 11.5. The Morgan fingerprint density at radius 3 is 2.38 bits per heavy atom. The van der Waals surface area contributed by atoms with Crippen LogP contribution < -0.4 is 5.73 Å².